The molecule has 2 aromatic carbocycles. The van der Waals surface area contributed by atoms with E-state index in [0.717, 1.165) is 12.2 Å². The van der Waals surface area contributed by atoms with Crippen LogP contribution in [0, 0.1) is 6.92 Å². The second-order valence-electron chi connectivity index (χ2n) is 5.78. The van der Waals surface area contributed by atoms with Crippen molar-refractivity contribution in [1.29, 1.82) is 0 Å². The lowest BCUT2D eigenvalue weighted by molar-refractivity contribution is -0.116. The van der Waals surface area contributed by atoms with Gasteiger partial charge in [0.1, 0.15) is 11.5 Å². The van der Waals surface area contributed by atoms with Gasteiger partial charge in [-0.05, 0) is 43.7 Å². The van der Waals surface area contributed by atoms with Crippen molar-refractivity contribution < 1.29 is 14.3 Å². The molecule has 0 aromatic heterocycles. The van der Waals surface area contributed by atoms with E-state index in [1.165, 1.54) is 5.56 Å². The summed E-state index contributed by atoms with van der Waals surface area (Å²) in [4.78, 5) is 14.5. The fraction of sp³-hybridized carbons (Fsp3) is 0.350. The molecule has 0 spiro atoms. The Hall–Kier alpha value is -2.69. The van der Waals surface area contributed by atoms with E-state index in [0.29, 0.717) is 30.2 Å². The van der Waals surface area contributed by atoms with Crippen LogP contribution < -0.4 is 19.7 Å². The highest BCUT2D eigenvalue weighted by molar-refractivity contribution is 5.92. The van der Waals surface area contributed by atoms with Gasteiger partial charge in [-0.25, -0.2) is 0 Å². The molecule has 0 aliphatic heterocycles. The predicted molar refractivity (Wildman–Crippen MR) is 102 cm³/mol. The SMILES string of the molecule is CCN(CCC(=O)Nc1ccc(OC)cc1OC)c1cccc(C)c1. The third-order valence-corrected chi connectivity index (χ3v) is 4.04. The van der Waals surface area contributed by atoms with Gasteiger partial charge in [0, 0.05) is 31.3 Å². The summed E-state index contributed by atoms with van der Waals surface area (Å²) in [5.41, 5.74) is 2.99. The highest BCUT2D eigenvalue weighted by Gasteiger charge is 2.11. The number of methoxy groups -OCH3 is 2. The molecule has 0 aliphatic carbocycles. The molecule has 0 radical (unpaired) electrons. The Morgan fingerprint density at radius 1 is 1.12 bits per heavy atom. The van der Waals surface area contributed by atoms with Crippen LogP contribution in [0.25, 0.3) is 0 Å². The smallest absolute Gasteiger partial charge is 0.226 e. The topological polar surface area (TPSA) is 50.8 Å². The van der Waals surface area contributed by atoms with E-state index in [-0.39, 0.29) is 5.91 Å². The van der Waals surface area contributed by atoms with Crippen LogP contribution >= 0.6 is 0 Å². The number of nitrogens with one attached hydrogen (secondary N) is 1. The van der Waals surface area contributed by atoms with E-state index in [1.54, 1.807) is 32.4 Å². The third kappa shape index (κ3) is 5.14. The van der Waals surface area contributed by atoms with Crippen molar-refractivity contribution in [2.24, 2.45) is 0 Å². The summed E-state index contributed by atoms with van der Waals surface area (Å²) in [5.74, 6) is 1.22. The molecule has 0 heterocycles. The first-order valence-electron chi connectivity index (χ1n) is 8.40. The molecule has 1 amide bonds. The number of hydrogen-bond donors (Lipinski definition) is 1. The maximum absolute atomic E-state index is 12.3. The van der Waals surface area contributed by atoms with Crippen molar-refractivity contribution in [1.82, 2.24) is 0 Å². The maximum Gasteiger partial charge on any atom is 0.226 e. The molecule has 134 valence electrons. The van der Waals surface area contributed by atoms with Crippen molar-refractivity contribution in [3.8, 4) is 11.5 Å². The Morgan fingerprint density at radius 2 is 1.92 bits per heavy atom. The van der Waals surface area contributed by atoms with Gasteiger partial charge in [-0.1, -0.05) is 12.1 Å². The first-order valence-corrected chi connectivity index (χ1v) is 8.40. The average Bonchev–Trinajstić information content (AvgIpc) is 2.62. The zero-order valence-electron chi connectivity index (χ0n) is 15.3. The van der Waals surface area contributed by atoms with Gasteiger partial charge in [0.2, 0.25) is 5.91 Å². The highest BCUT2D eigenvalue weighted by Crippen LogP contribution is 2.29. The molecule has 1 N–H and O–H groups in total. The summed E-state index contributed by atoms with van der Waals surface area (Å²) in [6.07, 6.45) is 0.400. The Bertz CT molecular complexity index is 716. The number of ether oxygens (including phenoxy) is 2. The van der Waals surface area contributed by atoms with Gasteiger partial charge in [0.05, 0.1) is 19.9 Å². The van der Waals surface area contributed by atoms with Crippen molar-refractivity contribution >= 4 is 17.3 Å². The number of carbonyl (C=O) groups is 1. The molecule has 0 fully saturated rings. The van der Waals surface area contributed by atoms with Gasteiger partial charge >= 0.3 is 0 Å². The van der Waals surface area contributed by atoms with Crippen LogP contribution in [0.15, 0.2) is 42.5 Å². The van der Waals surface area contributed by atoms with Crippen molar-refractivity contribution in [3.63, 3.8) is 0 Å². The molecule has 2 aromatic rings. The fourth-order valence-electron chi connectivity index (χ4n) is 2.65. The monoisotopic (exact) mass is 342 g/mol. The van der Waals surface area contributed by atoms with Crippen molar-refractivity contribution in [2.75, 3.05) is 37.5 Å². The Morgan fingerprint density at radius 3 is 2.56 bits per heavy atom. The first-order chi connectivity index (χ1) is 12.1. The number of benzene rings is 2. The zero-order chi connectivity index (χ0) is 18.2. The number of hydrogen-bond acceptors (Lipinski definition) is 4. The highest BCUT2D eigenvalue weighted by atomic mass is 16.5. The van der Waals surface area contributed by atoms with Crippen molar-refractivity contribution in [3.05, 3.63) is 48.0 Å². The summed E-state index contributed by atoms with van der Waals surface area (Å²) in [6, 6.07) is 13.6. The van der Waals surface area contributed by atoms with Crippen LogP contribution in [0.2, 0.25) is 0 Å². The molecule has 0 aliphatic rings. The van der Waals surface area contributed by atoms with Gasteiger partial charge in [0.15, 0.2) is 0 Å². The molecule has 5 heteroatoms. The van der Waals surface area contributed by atoms with E-state index in [4.69, 9.17) is 9.47 Å². The second kappa shape index (κ2) is 8.97. The lowest BCUT2D eigenvalue weighted by atomic mass is 10.2. The molecule has 2 rings (SSSR count). The standard InChI is InChI=1S/C20H26N2O3/c1-5-22(16-8-6-7-15(2)13-16)12-11-20(23)21-18-10-9-17(24-3)14-19(18)25-4/h6-10,13-14H,5,11-12H2,1-4H3,(H,21,23). The number of aryl methyl sites for hydroxylation is 1. The van der Waals surface area contributed by atoms with E-state index in [9.17, 15) is 4.79 Å². The first kappa shape index (κ1) is 18.6. The van der Waals surface area contributed by atoms with Crippen LogP contribution in [0.3, 0.4) is 0 Å². The minimum atomic E-state index is -0.0467. The summed E-state index contributed by atoms with van der Waals surface area (Å²) in [7, 11) is 3.17. The Labute approximate surface area is 149 Å². The molecule has 0 bridgehead atoms. The summed E-state index contributed by atoms with van der Waals surface area (Å²) >= 11 is 0. The Balaban J connectivity index is 1.98. The van der Waals surface area contributed by atoms with Gasteiger partial charge < -0.3 is 19.7 Å². The van der Waals surface area contributed by atoms with Crippen LogP contribution in [0.5, 0.6) is 11.5 Å². The number of rotatable bonds is 8. The third-order valence-electron chi connectivity index (χ3n) is 4.04. The largest absolute Gasteiger partial charge is 0.497 e. The number of nitrogens with zero attached hydrogens (tertiary/aromatic N) is 1. The number of amides is 1. The Kier molecular flexibility index (Phi) is 6.69. The van der Waals surface area contributed by atoms with E-state index < -0.39 is 0 Å². The average molecular weight is 342 g/mol. The lowest BCUT2D eigenvalue weighted by Crippen LogP contribution is -2.27. The molecule has 5 nitrogen and oxygen atoms in total. The van der Waals surface area contributed by atoms with E-state index in [1.807, 2.05) is 6.07 Å². The lowest BCUT2D eigenvalue weighted by Gasteiger charge is -2.23. The quantitative estimate of drug-likeness (QED) is 0.791. The minimum absolute atomic E-state index is 0.0467. The molecule has 0 atom stereocenters. The van der Waals surface area contributed by atoms with Crippen molar-refractivity contribution in [2.45, 2.75) is 20.3 Å². The minimum Gasteiger partial charge on any atom is -0.497 e. The summed E-state index contributed by atoms with van der Waals surface area (Å²) in [5, 5.41) is 2.91. The predicted octanol–water partition coefficient (Wildman–Crippen LogP) is 3.87. The second-order valence-corrected chi connectivity index (χ2v) is 5.78. The van der Waals surface area contributed by atoms with Gasteiger partial charge in [-0.2, -0.15) is 0 Å². The van der Waals surface area contributed by atoms with Crippen LogP contribution in [0.4, 0.5) is 11.4 Å². The molecule has 0 saturated heterocycles. The molecule has 0 unspecified atom stereocenters. The maximum atomic E-state index is 12.3. The van der Waals surface area contributed by atoms with Crippen LogP contribution in [0.1, 0.15) is 18.9 Å². The van der Waals surface area contributed by atoms with Crippen LogP contribution in [-0.4, -0.2) is 33.2 Å². The van der Waals surface area contributed by atoms with E-state index >= 15 is 0 Å². The molecular weight excluding hydrogens is 316 g/mol. The normalized spacial score (nSPS) is 10.2. The number of anilines is 2. The summed E-state index contributed by atoms with van der Waals surface area (Å²) < 4.78 is 10.5. The molecule has 25 heavy (non-hydrogen) atoms. The van der Waals surface area contributed by atoms with Gasteiger partial charge in [-0.3, -0.25) is 4.79 Å². The van der Waals surface area contributed by atoms with Gasteiger partial charge in [-0.15, -0.1) is 0 Å². The number of carbonyl (C=O) groups excluding carboxylic acids is 1. The molecular formula is C20H26N2O3. The van der Waals surface area contributed by atoms with Crippen LogP contribution in [-0.2, 0) is 4.79 Å². The van der Waals surface area contributed by atoms with E-state index in [2.05, 4.69) is 42.3 Å². The summed E-state index contributed by atoms with van der Waals surface area (Å²) in [6.45, 7) is 5.67. The molecule has 0 saturated carbocycles. The zero-order valence-corrected chi connectivity index (χ0v) is 15.3. The van der Waals surface area contributed by atoms with Gasteiger partial charge in [0.25, 0.3) is 0 Å². The fourth-order valence-corrected chi connectivity index (χ4v) is 2.65.